The number of hydrogen-bond donors (Lipinski definition) is 5. The molecule has 1 aliphatic heterocycles. The van der Waals surface area contributed by atoms with Gasteiger partial charge in [-0.1, -0.05) is 75.7 Å². The van der Waals surface area contributed by atoms with E-state index in [-0.39, 0.29) is 54.7 Å². The first-order valence-electron chi connectivity index (χ1n) is 24.1. The average Bonchev–Trinajstić information content (AvgIpc) is 3.96. The Bertz CT molecular complexity index is 2550. The van der Waals surface area contributed by atoms with Crippen LogP contribution in [-0.4, -0.2) is 117 Å². The number of nitrogens with one attached hydrogen (secondary N) is 2. The van der Waals surface area contributed by atoms with Crippen molar-refractivity contribution in [2.75, 3.05) is 51.0 Å². The van der Waals surface area contributed by atoms with Crippen molar-refractivity contribution < 1.29 is 34.1 Å². The van der Waals surface area contributed by atoms with Crippen molar-refractivity contribution in [2.24, 2.45) is 5.41 Å². The predicted molar refractivity (Wildman–Crippen MR) is 274 cm³/mol. The van der Waals surface area contributed by atoms with Crippen molar-refractivity contribution in [1.82, 2.24) is 35.6 Å². The van der Waals surface area contributed by atoms with Gasteiger partial charge in [-0.3, -0.25) is 19.2 Å². The smallest absolute Gasteiger partial charge is 0.246 e. The highest BCUT2D eigenvalue weighted by Crippen LogP contribution is 2.32. The summed E-state index contributed by atoms with van der Waals surface area (Å²) < 4.78 is 5.95. The van der Waals surface area contributed by atoms with Gasteiger partial charge in [0.05, 0.1) is 34.8 Å². The maximum Gasteiger partial charge on any atom is 0.246 e. The number of likely N-dealkylation sites (tertiary alicyclic amines) is 1. The fraction of sp³-hybridized carbons (Fsp3) is 0.453. The zero-order chi connectivity index (χ0) is 50.5. The Morgan fingerprint density at radius 1 is 0.929 bits per heavy atom. The Kier molecular flexibility index (Phi) is 18.3. The standard InChI is InChI=1S/C53H69N9O7S/c1-34(37-20-22-38(23-21-37)48-35(2)55-33-70-48)56-51(67)43-30-40(63)32-62(43)52(68)49(53(3,4)5)57-46(65)16-9-8-10-17-47(66)61(7)28-13-27-60(6)39-24-18-36(19-25-39)26-29-69-45-31-42(58-59-50(45)54)41-14-11-12-15-44(41)64/h11-12,14-15,18-25,31,33-34,40,43,49,63-64H,8-10,13,16-17,26-30,32H2,1-7H3,(H2,54,59)(H,56,67)(H,57,65). The van der Waals surface area contributed by atoms with E-state index in [1.165, 1.54) is 4.90 Å². The monoisotopic (exact) mass is 976 g/mol. The topological polar surface area (TPSA) is 216 Å². The van der Waals surface area contributed by atoms with Crippen molar-refractivity contribution in [3.8, 4) is 33.2 Å². The number of rotatable bonds is 22. The largest absolute Gasteiger partial charge is 0.507 e. The molecule has 0 aliphatic carbocycles. The summed E-state index contributed by atoms with van der Waals surface area (Å²) in [6.07, 6.45) is 3.11. The summed E-state index contributed by atoms with van der Waals surface area (Å²) >= 11 is 1.58. The number of nitrogen functional groups attached to an aromatic ring is 1. The molecule has 3 aromatic carbocycles. The summed E-state index contributed by atoms with van der Waals surface area (Å²) in [5, 5.41) is 34.9. The van der Waals surface area contributed by atoms with Gasteiger partial charge in [-0.05, 0) is 79.5 Å². The lowest BCUT2D eigenvalue weighted by atomic mass is 9.85. The van der Waals surface area contributed by atoms with Gasteiger partial charge in [0.15, 0.2) is 11.6 Å². The third-order valence-electron chi connectivity index (χ3n) is 12.8. The van der Waals surface area contributed by atoms with Crippen molar-refractivity contribution in [2.45, 2.75) is 110 Å². The van der Waals surface area contributed by atoms with Gasteiger partial charge < -0.3 is 46.0 Å². The van der Waals surface area contributed by atoms with E-state index in [4.69, 9.17) is 10.5 Å². The molecule has 374 valence electrons. The summed E-state index contributed by atoms with van der Waals surface area (Å²) in [5.74, 6) is -0.309. The molecule has 6 N–H and O–H groups in total. The second-order valence-electron chi connectivity index (χ2n) is 19.3. The van der Waals surface area contributed by atoms with Crippen LogP contribution in [0.25, 0.3) is 21.7 Å². The average molecular weight is 976 g/mol. The van der Waals surface area contributed by atoms with Crippen LogP contribution in [0.1, 0.15) is 95.5 Å². The maximum atomic E-state index is 14.1. The summed E-state index contributed by atoms with van der Waals surface area (Å²) in [6.45, 7) is 11.2. The summed E-state index contributed by atoms with van der Waals surface area (Å²) in [7, 11) is 3.84. The number of carbonyl (C=O) groups excluding carboxylic acids is 4. The molecular formula is C53H69N9O7S. The Labute approximate surface area is 415 Å². The predicted octanol–water partition coefficient (Wildman–Crippen LogP) is 7.09. The molecule has 70 heavy (non-hydrogen) atoms. The molecule has 0 bridgehead atoms. The lowest BCUT2D eigenvalue weighted by Crippen LogP contribution is -2.57. The van der Waals surface area contributed by atoms with E-state index < -0.39 is 29.5 Å². The number of unbranched alkanes of at least 4 members (excludes halogenated alkanes) is 2. The zero-order valence-electron chi connectivity index (χ0n) is 41.5. The summed E-state index contributed by atoms with van der Waals surface area (Å²) in [4.78, 5) is 64.8. The molecule has 16 nitrogen and oxygen atoms in total. The number of nitrogens with two attached hydrogens (primary N) is 1. The first-order valence-corrected chi connectivity index (χ1v) is 24.9. The number of benzene rings is 3. The molecule has 4 atom stereocenters. The van der Waals surface area contributed by atoms with Crippen LogP contribution in [0.15, 0.2) is 84.4 Å². The minimum Gasteiger partial charge on any atom is -0.507 e. The van der Waals surface area contributed by atoms with E-state index in [2.05, 4.69) is 55.0 Å². The van der Waals surface area contributed by atoms with Crippen LogP contribution in [0.3, 0.4) is 0 Å². The number of aryl methyl sites for hydroxylation is 1. The highest BCUT2D eigenvalue weighted by molar-refractivity contribution is 7.13. The molecule has 0 spiro atoms. The third kappa shape index (κ3) is 14.2. The number of para-hydroxylation sites is 1. The number of thiazole rings is 1. The minimum absolute atomic E-state index is 0.00252. The van der Waals surface area contributed by atoms with E-state index in [0.29, 0.717) is 62.3 Å². The Morgan fingerprint density at radius 2 is 1.64 bits per heavy atom. The summed E-state index contributed by atoms with van der Waals surface area (Å²) in [6, 6.07) is 22.6. The van der Waals surface area contributed by atoms with E-state index in [9.17, 15) is 29.4 Å². The first-order chi connectivity index (χ1) is 33.4. The lowest BCUT2D eigenvalue weighted by Gasteiger charge is -2.35. The maximum absolute atomic E-state index is 14.1. The van der Waals surface area contributed by atoms with Crippen LogP contribution in [0.2, 0.25) is 0 Å². The van der Waals surface area contributed by atoms with Crippen LogP contribution in [0.4, 0.5) is 11.5 Å². The number of nitrogens with zero attached hydrogens (tertiary/aromatic N) is 6. The van der Waals surface area contributed by atoms with E-state index in [1.54, 1.807) is 40.5 Å². The van der Waals surface area contributed by atoms with Gasteiger partial charge in [-0.2, -0.15) is 0 Å². The highest BCUT2D eigenvalue weighted by Gasteiger charge is 2.44. The van der Waals surface area contributed by atoms with E-state index >= 15 is 0 Å². The molecule has 4 unspecified atom stereocenters. The van der Waals surface area contributed by atoms with Crippen LogP contribution in [-0.2, 0) is 25.6 Å². The molecule has 1 saturated heterocycles. The minimum atomic E-state index is -0.912. The molecule has 6 rings (SSSR count). The molecule has 0 radical (unpaired) electrons. The second-order valence-corrected chi connectivity index (χ2v) is 20.1. The Hall–Kier alpha value is -6.59. The van der Waals surface area contributed by atoms with Gasteiger partial charge in [-0.15, -0.1) is 21.5 Å². The van der Waals surface area contributed by atoms with Crippen molar-refractivity contribution in [3.63, 3.8) is 0 Å². The van der Waals surface area contributed by atoms with Gasteiger partial charge >= 0.3 is 0 Å². The molecule has 4 amide bonds. The van der Waals surface area contributed by atoms with Crippen LogP contribution < -0.4 is 26.0 Å². The van der Waals surface area contributed by atoms with Crippen molar-refractivity contribution >= 4 is 46.5 Å². The Balaban J connectivity index is 0.870. The molecule has 17 heteroatoms. The Morgan fingerprint density at radius 3 is 2.33 bits per heavy atom. The fourth-order valence-electron chi connectivity index (χ4n) is 8.49. The number of carbonyl (C=O) groups is 4. The first kappa shape index (κ1) is 52.8. The number of phenols is 1. The van der Waals surface area contributed by atoms with Crippen LogP contribution in [0, 0.1) is 12.3 Å². The fourth-order valence-corrected chi connectivity index (χ4v) is 9.31. The molecule has 1 fully saturated rings. The number of aromatic nitrogens is 3. The molecule has 3 heterocycles. The number of aliphatic hydroxyl groups is 1. The second kappa shape index (κ2) is 24.3. The quantitative estimate of drug-likeness (QED) is 0.0440. The number of β-amino-alcohol motifs (C(OH)–C–C–N with tert-alkyl or cyclic N) is 1. The molecule has 5 aromatic rings. The molecule has 2 aromatic heterocycles. The van der Waals surface area contributed by atoms with E-state index in [1.807, 2.05) is 84.6 Å². The molecule has 0 saturated carbocycles. The number of phenolic OH excluding ortho intramolecular Hbond substituents is 1. The van der Waals surface area contributed by atoms with Gasteiger partial charge in [-0.25, -0.2) is 4.98 Å². The summed E-state index contributed by atoms with van der Waals surface area (Å²) in [5.41, 5.74) is 13.2. The third-order valence-corrected chi connectivity index (χ3v) is 13.7. The highest BCUT2D eigenvalue weighted by atomic mass is 32.1. The van der Waals surface area contributed by atoms with Crippen LogP contribution >= 0.6 is 11.3 Å². The van der Waals surface area contributed by atoms with Gasteiger partial charge in [0.2, 0.25) is 23.6 Å². The van der Waals surface area contributed by atoms with E-state index in [0.717, 1.165) is 45.9 Å². The normalized spacial score (nSPS) is 15.5. The van der Waals surface area contributed by atoms with Crippen molar-refractivity contribution in [3.05, 3.63) is 101 Å². The number of amides is 4. The SMILES string of the molecule is Cc1ncsc1-c1ccc(C(C)NC(=O)C2CC(O)CN2C(=O)C(NC(=O)CCCCCC(=O)N(C)CCCN(C)c2ccc(CCOc3cc(-c4ccccc4O)nnc3N)cc2)C(C)(C)C)cc1. The molecular weight excluding hydrogens is 907 g/mol. The number of aromatic hydroxyl groups is 1. The van der Waals surface area contributed by atoms with Crippen LogP contribution in [0.5, 0.6) is 11.5 Å². The van der Waals surface area contributed by atoms with Gasteiger partial charge in [0.1, 0.15) is 23.5 Å². The number of ether oxygens (including phenoxy) is 1. The molecule has 1 aliphatic rings. The zero-order valence-corrected chi connectivity index (χ0v) is 42.3. The van der Waals surface area contributed by atoms with Crippen molar-refractivity contribution in [1.29, 1.82) is 0 Å². The lowest BCUT2D eigenvalue weighted by molar-refractivity contribution is -0.144. The van der Waals surface area contributed by atoms with Gasteiger partial charge in [0.25, 0.3) is 0 Å². The number of anilines is 2. The number of hydrogen-bond acceptors (Lipinski definition) is 13. The number of aliphatic hydroxyl groups excluding tert-OH is 1. The van der Waals surface area contributed by atoms with Gasteiger partial charge in [0, 0.05) is 76.7 Å².